The fraction of sp³-hybridized carbons (Fsp3) is 0.600. The molecule has 7 heavy (non-hydrogen) atoms. The molecule has 0 spiro atoms. The van der Waals surface area contributed by atoms with Gasteiger partial charge in [-0.2, -0.15) is 0 Å². The predicted molar refractivity (Wildman–Crippen MR) is 34.5 cm³/mol. The molecule has 1 nitrogen and oxygen atoms in total. The molecular formula is C5H10OS. The van der Waals surface area contributed by atoms with Gasteiger partial charge in [-0.15, -0.1) is 11.8 Å². The molecule has 0 aliphatic carbocycles. The van der Waals surface area contributed by atoms with Gasteiger partial charge in [0.15, 0.2) is 0 Å². The Bertz CT molecular complexity index is 52.0. The predicted octanol–water partition coefficient (Wildman–Crippen LogP) is 1.51. The maximum Gasteiger partial charge on any atom is 0.0651 e. The molecule has 0 radical (unpaired) electrons. The van der Waals surface area contributed by atoms with E-state index in [0.717, 1.165) is 6.61 Å². The van der Waals surface area contributed by atoms with Crippen LogP contribution in [0.4, 0.5) is 0 Å². The fourth-order valence-electron chi connectivity index (χ4n) is 0.232. The Hall–Kier alpha value is 0.0500. The Balaban J connectivity index is 2.78. The van der Waals surface area contributed by atoms with Crippen LogP contribution >= 0.6 is 11.8 Å². The molecule has 42 valence electrons. The zero-order valence-electron chi connectivity index (χ0n) is 4.68. The molecule has 0 N–H and O–H groups in total. The third-order valence-electron chi connectivity index (χ3n) is 0.495. The third kappa shape index (κ3) is 6.05. The Morgan fingerprint density at radius 2 is 2.43 bits per heavy atom. The van der Waals surface area contributed by atoms with E-state index in [1.54, 1.807) is 18.9 Å². The summed E-state index contributed by atoms with van der Waals surface area (Å²) in [4.78, 5) is 0. The molecule has 2 heteroatoms. The average molecular weight is 118 g/mol. The highest BCUT2D eigenvalue weighted by atomic mass is 32.2. The molecule has 0 atom stereocenters. The standard InChI is InChI=1S/C5H10OS/c1-6-4-3-5-7-2/h3,5H,4H2,1-2H3/b5-3-. The van der Waals surface area contributed by atoms with Crippen LogP contribution in [-0.2, 0) is 4.74 Å². The number of thioether (sulfide) groups is 1. The first-order chi connectivity index (χ1) is 3.41. The zero-order chi connectivity index (χ0) is 5.54. The van der Waals surface area contributed by atoms with Gasteiger partial charge in [0, 0.05) is 7.11 Å². The van der Waals surface area contributed by atoms with Crippen LogP contribution in [0.25, 0.3) is 0 Å². The van der Waals surface area contributed by atoms with Crippen molar-refractivity contribution in [2.75, 3.05) is 20.0 Å². The Morgan fingerprint density at radius 1 is 1.71 bits per heavy atom. The van der Waals surface area contributed by atoms with Crippen LogP contribution in [0.2, 0.25) is 0 Å². The Kier molecular flexibility index (Phi) is 6.09. The molecule has 0 aromatic carbocycles. The van der Waals surface area contributed by atoms with E-state index in [2.05, 4.69) is 0 Å². The van der Waals surface area contributed by atoms with Gasteiger partial charge in [0.05, 0.1) is 6.61 Å². The monoisotopic (exact) mass is 118 g/mol. The second-order valence-electron chi connectivity index (χ2n) is 1.06. The molecule has 0 unspecified atom stereocenters. The lowest BCUT2D eigenvalue weighted by atomic mass is 10.7. The van der Waals surface area contributed by atoms with E-state index in [1.807, 2.05) is 17.7 Å². The van der Waals surface area contributed by atoms with Crippen LogP contribution in [0.1, 0.15) is 0 Å². The first-order valence-electron chi connectivity index (χ1n) is 2.08. The number of ether oxygens (including phenoxy) is 1. The molecule has 0 aliphatic rings. The molecule has 0 aromatic rings. The first-order valence-corrected chi connectivity index (χ1v) is 3.37. The lowest BCUT2D eigenvalue weighted by Crippen LogP contribution is -1.77. The topological polar surface area (TPSA) is 9.23 Å². The fourth-order valence-corrected chi connectivity index (χ4v) is 0.503. The van der Waals surface area contributed by atoms with Gasteiger partial charge in [0.25, 0.3) is 0 Å². The maximum atomic E-state index is 4.74. The summed E-state index contributed by atoms with van der Waals surface area (Å²) in [5.41, 5.74) is 0. The molecule has 0 rings (SSSR count). The van der Waals surface area contributed by atoms with Crippen molar-refractivity contribution in [1.82, 2.24) is 0 Å². The smallest absolute Gasteiger partial charge is 0.0651 e. The minimum absolute atomic E-state index is 0.723. The van der Waals surface area contributed by atoms with Crippen LogP contribution in [-0.4, -0.2) is 20.0 Å². The van der Waals surface area contributed by atoms with Crippen LogP contribution in [0, 0.1) is 0 Å². The summed E-state index contributed by atoms with van der Waals surface area (Å²) in [6.45, 7) is 0.723. The van der Waals surface area contributed by atoms with Gasteiger partial charge in [0.2, 0.25) is 0 Å². The summed E-state index contributed by atoms with van der Waals surface area (Å²) in [6.07, 6.45) is 4.00. The van der Waals surface area contributed by atoms with Crippen molar-refractivity contribution in [3.63, 3.8) is 0 Å². The van der Waals surface area contributed by atoms with Gasteiger partial charge in [-0.1, -0.05) is 6.08 Å². The van der Waals surface area contributed by atoms with Crippen LogP contribution < -0.4 is 0 Å². The highest BCUT2D eigenvalue weighted by molar-refractivity contribution is 8.01. The maximum absolute atomic E-state index is 4.74. The summed E-state index contributed by atoms with van der Waals surface area (Å²) in [5, 5.41) is 2.00. The first kappa shape index (κ1) is 7.05. The highest BCUT2D eigenvalue weighted by Crippen LogP contribution is 1.91. The molecule has 0 fully saturated rings. The van der Waals surface area contributed by atoms with Crippen LogP contribution in [0.5, 0.6) is 0 Å². The van der Waals surface area contributed by atoms with Gasteiger partial charge in [-0.3, -0.25) is 0 Å². The normalized spacial score (nSPS) is 10.6. The minimum atomic E-state index is 0.723. The van der Waals surface area contributed by atoms with Crippen molar-refractivity contribution in [3.8, 4) is 0 Å². The molecule has 0 heterocycles. The molecule has 0 aromatic heterocycles. The second-order valence-corrected chi connectivity index (χ2v) is 1.81. The van der Waals surface area contributed by atoms with E-state index >= 15 is 0 Å². The van der Waals surface area contributed by atoms with E-state index in [0.29, 0.717) is 0 Å². The summed E-state index contributed by atoms with van der Waals surface area (Å²) in [6, 6.07) is 0. The van der Waals surface area contributed by atoms with E-state index in [9.17, 15) is 0 Å². The van der Waals surface area contributed by atoms with Crippen molar-refractivity contribution < 1.29 is 4.74 Å². The van der Waals surface area contributed by atoms with Gasteiger partial charge in [-0.05, 0) is 11.7 Å². The van der Waals surface area contributed by atoms with Crippen molar-refractivity contribution >= 4 is 11.8 Å². The summed E-state index contributed by atoms with van der Waals surface area (Å²) < 4.78 is 4.74. The second kappa shape index (κ2) is 6.05. The largest absolute Gasteiger partial charge is 0.381 e. The van der Waals surface area contributed by atoms with E-state index in [1.165, 1.54) is 0 Å². The molecule has 0 saturated heterocycles. The zero-order valence-corrected chi connectivity index (χ0v) is 5.49. The van der Waals surface area contributed by atoms with Crippen molar-refractivity contribution in [2.45, 2.75) is 0 Å². The third-order valence-corrected chi connectivity index (χ3v) is 0.960. The number of hydrogen-bond acceptors (Lipinski definition) is 2. The van der Waals surface area contributed by atoms with Crippen molar-refractivity contribution in [2.24, 2.45) is 0 Å². The molecule has 0 bridgehead atoms. The van der Waals surface area contributed by atoms with Crippen molar-refractivity contribution in [3.05, 3.63) is 11.5 Å². The van der Waals surface area contributed by atoms with Gasteiger partial charge < -0.3 is 4.74 Å². The Morgan fingerprint density at radius 3 is 2.86 bits per heavy atom. The van der Waals surface area contributed by atoms with Gasteiger partial charge >= 0.3 is 0 Å². The lowest BCUT2D eigenvalue weighted by molar-refractivity contribution is 0.234. The Labute approximate surface area is 48.7 Å². The van der Waals surface area contributed by atoms with Crippen molar-refractivity contribution in [1.29, 1.82) is 0 Å². The van der Waals surface area contributed by atoms with Gasteiger partial charge in [-0.25, -0.2) is 0 Å². The van der Waals surface area contributed by atoms with E-state index in [4.69, 9.17) is 4.74 Å². The quantitative estimate of drug-likeness (QED) is 0.555. The average Bonchev–Trinajstić information content (AvgIpc) is 1.69. The van der Waals surface area contributed by atoms with E-state index in [-0.39, 0.29) is 0 Å². The summed E-state index contributed by atoms with van der Waals surface area (Å²) in [5.74, 6) is 0. The minimum Gasteiger partial charge on any atom is -0.381 e. The van der Waals surface area contributed by atoms with E-state index < -0.39 is 0 Å². The molecular weight excluding hydrogens is 108 g/mol. The van der Waals surface area contributed by atoms with Gasteiger partial charge in [0.1, 0.15) is 0 Å². The number of hydrogen-bond donors (Lipinski definition) is 0. The van der Waals surface area contributed by atoms with Crippen LogP contribution in [0.15, 0.2) is 11.5 Å². The number of methoxy groups -OCH3 is 1. The summed E-state index contributed by atoms with van der Waals surface area (Å²) in [7, 11) is 1.69. The lowest BCUT2D eigenvalue weighted by Gasteiger charge is -1.83. The highest BCUT2D eigenvalue weighted by Gasteiger charge is 1.66. The van der Waals surface area contributed by atoms with Crippen LogP contribution in [0.3, 0.4) is 0 Å². The summed E-state index contributed by atoms with van der Waals surface area (Å²) >= 11 is 1.68. The molecule has 0 amide bonds. The SMILES string of the molecule is COC/C=C\SC. The number of rotatable bonds is 3. The molecule has 0 saturated carbocycles. The molecule has 0 aliphatic heterocycles.